The second kappa shape index (κ2) is 17.6. The van der Waals surface area contributed by atoms with E-state index in [1.165, 1.54) is 38.5 Å². The van der Waals surface area contributed by atoms with Gasteiger partial charge in [0, 0.05) is 13.1 Å². The molecule has 0 aliphatic heterocycles. The molecule has 0 aliphatic carbocycles. The van der Waals surface area contributed by atoms with E-state index in [1.54, 1.807) is 24.3 Å². The Bertz CT molecular complexity index is 599. The molecule has 182 valence electrons. The lowest BCUT2D eigenvalue weighted by atomic mass is 10.1. The zero-order chi connectivity index (χ0) is 23.6. The molecule has 0 aliphatic rings. The Kier molecular flexibility index (Phi) is 15.5. The van der Waals surface area contributed by atoms with E-state index >= 15 is 0 Å². The molecule has 1 aromatic rings. The van der Waals surface area contributed by atoms with E-state index in [-0.39, 0.29) is 0 Å². The second-order valence-electron chi connectivity index (χ2n) is 8.58. The molecule has 0 bridgehead atoms. The minimum Gasteiger partial charge on any atom is -0.462 e. The van der Waals surface area contributed by atoms with E-state index in [0.717, 1.165) is 39.0 Å². The molecule has 1 rings (SSSR count). The molecule has 1 aromatic carbocycles. The number of carbonyl (C=O) groups is 2. The van der Waals surface area contributed by atoms with Gasteiger partial charge in [0.05, 0.1) is 24.3 Å². The van der Waals surface area contributed by atoms with Gasteiger partial charge in [-0.2, -0.15) is 0 Å². The molecular weight excluding hydrogens is 404 g/mol. The first-order valence-electron chi connectivity index (χ1n) is 12.3. The van der Waals surface area contributed by atoms with Crippen LogP contribution in [0.2, 0.25) is 0 Å². The minimum absolute atomic E-state index is 0.372. The molecule has 0 radical (unpaired) electrons. The summed E-state index contributed by atoms with van der Waals surface area (Å²) >= 11 is 0. The van der Waals surface area contributed by atoms with E-state index in [0.29, 0.717) is 24.3 Å². The first kappa shape index (κ1) is 28.1. The minimum atomic E-state index is -0.401. The van der Waals surface area contributed by atoms with Crippen molar-refractivity contribution in [1.82, 2.24) is 9.80 Å². The van der Waals surface area contributed by atoms with Gasteiger partial charge in [0.25, 0.3) is 0 Å². The summed E-state index contributed by atoms with van der Waals surface area (Å²) in [7, 11) is 4.19. The maximum atomic E-state index is 12.3. The van der Waals surface area contributed by atoms with E-state index in [4.69, 9.17) is 9.47 Å². The molecule has 0 amide bonds. The van der Waals surface area contributed by atoms with Crippen molar-refractivity contribution in [2.24, 2.45) is 0 Å². The van der Waals surface area contributed by atoms with Crippen LogP contribution in [0.3, 0.4) is 0 Å². The van der Waals surface area contributed by atoms with Crippen LogP contribution in [0.15, 0.2) is 24.3 Å². The number of hydrogen-bond acceptors (Lipinski definition) is 6. The van der Waals surface area contributed by atoms with Crippen LogP contribution in [0, 0.1) is 0 Å². The SMILES string of the molecule is CCCCCN(C)CCCOC(=O)c1cccc(C(=O)OCCCN(C)CCCCC)c1. The first-order chi connectivity index (χ1) is 15.5. The van der Waals surface area contributed by atoms with Crippen molar-refractivity contribution < 1.29 is 19.1 Å². The molecule has 0 N–H and O–H groups in total. The average Bonchev–Trinajstić information content (AvgIpc) is 2.79. The van der Waals surface area contributed by atoms with Gasteiger partial charge in [-0.15, -0.1) is 0 Å². The van der Waals surface area contributed by atoms with Crippen molar-refractivity contribution in [3.63, 3.8) is 0 Å². The normalized spacial score (nSPS) is 11.2. The summed E-state index contributed by atoms with van der Waals surface area (Å²) in [6.45, 7) is 9.08. The zero-order valence-corrected chi connectivity index (χ0v) is 20.7. The summed E-state index contributed by atoms with van der Waals surface area (Å²) in [5, 5.41) is 0. The number of esters is 2. The van der Waals surface area contributed by atoms with Crippen LogP contribution in [-0.4, -0.2) is 75.2 Å². The molecule has 0 atom stereocenters. The monoisotopic (exact) mass is 448 g/mol. The molecule has 0 unspecified atom stereocenters. The van der Waals surface area contributed by atoms with Crippen LogP contribution in [0.25, 0.3) is 0 Å². The van der Waals surface area contributed by atoms with Gasteiger partial charge in [0.15, 0.2) is 0 Å². The van der Waals surface area contributed by atoms with Gasteiger partial charge >= 0.3 is 11.9 Å². The summed E-state index contributed by atoms with van der Waals surface area (Å²) in [6.07, 6.45) is 8.91. The van der Waals surface area contributed by atoms with E-state index < -0.39 is 11.9 Å². The van der Waals surface area contributed by atoms with Gasteiger partial charge in [-0.25, -0.2) is 9.59 Å². The summed E-state index contributed by atoms with van der Waals surface area (Å²) in [6, 6.07) is 6.58. The van der Waals surface area contributed by atoms with Gasteiger partial charge < -0.3 is 19.3 Å². The lowest BCUT2D eigenvalue weighted by Crippen LogP contribution is -2.22. The van der Waals surface area contributed by atoms with Gasteiger partial charge in [-0.05, 0) is 71.1 Å². The van der Waals surface area contributed by atoms with Crippen LogP contribution in [0.4, 0.5) is 0 Å². The molecule has 6 nitrogen and oxygen atoms in total. The Morgan fingerprint density at radius 3 is 1.50 bits per heavy atom. The van der Waals surface area contributed by atoms with Gasteiger partial charge in [-0.1, -0.05) is 45.6 Å². The Hall–Kier alpha value is -1.92. The fourth-order valence-corrected chi connectivity index (χ4v) is 3.43. The predicted molar refractivity (Wildman–Crippen MR) is 130 cm³/mol. The Balaban J connectivity index is 2.30. The van der Waals surface area contributed by atoms with Gasteiger partial charge in [0.2, 0.25) is 0 Å². The quantitative estimate of drug-likeness (QED) is 0.232. The molecule has 6 heteroatoms. The van der Waals surface area contributed by atoms with E-state index in [9.17, 15) is 9.59 Å². The van der Waals surface area contributed by atoms with Crippen LogP contribution >= 0.6 is 0 Å². The maximum absolute atomic E-state index is 12.3. The Labute approximate surface area is 195 Å². The molecule has 0 saturated heterocycles. The van der Waals surface area contributed by atoms with Crippen molar-refractivity contribution in [3.8, 4) is 0 Å². The lowest BCUT2D eigenvalue weighted by molar-refractivity contribution is 0.0489. The van der Waals surface area contributed by atoms with Crippen molar-refractivity contribution in [2.75, 3.05) is 53.5 Å². The summed E-state index contributed by atoms with van der Waals surface area (Å²) < 4.78 is 10.8. The molecule has 0 saturated carbocycles. The third-order valence-electron chi connectivity index (χ3n) is 5.46. The predicted octanol–water partition coefficient (Wildman–Crippen LogP) is 5.02. The molecule has 0 heterocycles. The average molecular weight is 449 g/mol. The molecule has 32 heavy (non-hydrogen) atoms. The highest BCUT2D eigenvalue weighted by Gasteiger charge is 2.13. The first-order valence-corrected chi connectivity index (χ1v) is 12.3. The van der Waals surface area contributed by atoms with Crippen molar-refractivity contribution in [1.29, 1.82) is 0 Å². The number of hydrogen-bond donors (Lipinski definition) is 0. The highest BCUT2D eigenvalue weighted by molar-refractivity contribution is 5.95. The Morgan fingerprint density at radius 2 is 1.09 bits per heavy atom. The van der Waals surface area contributed by atoms with Crippen LogP contribution < -0.4 is 0 Å². The van der Waals surface area contributed by atoms with E-state index in [2.05, 4.69) is 37.7 Å². The number of carbonyl (C=O) groups excluding carboxylic acids is 2. The van der Waals surface area contributed by atoms with E-state index in [1.807, 2.05) is 0 Å². The number of unbranched alkanes of at least 4 members (excludes halogenated alkanes) is 4. The van der Waals surface area contributed by atoms with Crippen LogP contribution in [0.5, 0.6) is 0 Å². The molecular formula is C26H44N2O4. The largest absolute Gasteiger partial charge is 0.462 e. The van der Waals surface area contributed by atoms with Gasteiger partial charge in [0.1, 0.15) is 0 Å². The summed E-state index contributed by atoms with van der Waals surface area (Å²) in [5.74, 6) is -0.802. The smallest absolute Gasteiger partial charge is 0.338 e. The van der Waals surface area contributed by atoms with Crippen molar-refractivity contribution in [3.05, 3.63) is 35.4 Å². The van der Waals surface area contributed by atoms with Crippen molar-refractivity contribution in [2.45, 2.75) is 65.2 Å². The summed E-state index contributed by atoms with van der Waals surface area (Å²) in [4.78, 5) is 29.2. The number of benzene rings is 1. The maximum Gasteiger partial charge on any atom is 0.338 e. The number of ether oxygens (including phenoxy) is 2. The number of rotatable bonds is 18. The standard InChI is InChI=1S/C26H44N2O4/c1-5-7-9-16-27(3)18-12-20-31-25(29)23-14-11-15-24(22-23)26(30)32-21-13-19-28(4)17-10-8-6-2/h11,14-15,22H,5-10,12-13,16-21H2,1-4H3. The molecule has 0 aromatic heterocycles. The second-order valence-corrected chi connectivity index (χ2v) is 8.58. The molecule has 0 spiro atoms. The van der Waals surface area contributed by atoms with Crippen LogP contribution in [-0.2, 0) is 9.47 Å². The fraction of sp³-hybridized carbons (Fsp3) is 0.692. The Morgan fingerprint density at radius 1 is 0.688 bits per heavy atom. The van der Waals surface area contributed by atoms with Crippen molar-refractivity contribution >= 4 is 11.9 Å². The van der Waals surface area contributed by atoms with Crippen LogP contribution in [0.1, 0.15) is 85.9 Å². The zero-order valence-electron chi connectivity index (χ0n) is 20.7. The third kappa shape index (κ3) is 12.8. The fourth-order valence-electron chi connectivity index (χ4n) is 3.43. The van der Waals surface area contributed by atoms with Gasteiger partial charge in [-0.3, -0.25) is 0 Å². The topological polar surface area (TPSA) is 59.1 Å². The summed E-state index contributed by atoms with van der Waals surface area (Å²) in [5.41, 5.74) is 0.762. The third-order valence-corrected chi connectivity index (χ3v) is 5.46. The lowest BCUT2D eigenvalue weighted by Gasteiger charge is -2.16. The number of nitrogens with zero attached hydrogens (tertiary/aromatic N) is 2. The highest BCUT2D eigenvalue weighted by atomic mass is 16.5. The highest BCUT2D eigenvalue weighted by Crippen LogP contribution is 2.09. The molecule has 0 fully saturated rings.